The van der Waals surface area contributed by atoms with E-state index in [2.05, 4.69) is 12.2 Å². The minimum Gasteiger partial charge on any atom is -0.392 e. The lowest BCUT2D eigenvalue weighted by Gasteiger charge is -2.00. The van der Waals surface area contributed by atoms with Crippen molar-refractivity contribution >= 4 is 0 Å². The van der Waals surface area contributed by atoms with Gasteiger partial charge >= 0.3 is 0 Å². The van der Waals surface area contributed by atoms with Gasteiger partial charge in [0.15, 0.2) is 0 Å². The fourth-order valence-electron chi connectivity index (χ4n) is 0.785. The van der Waals surface area contributed by atoms with E-state index in [4.69, 9.17) is 10.3 Å². The summed E-state index contributed by atoms with van der Waals surface area (Å²) in [5.41, 5.74) is 2.80. The minimum atomic E-state index is 0. The Bertz CT molecular complexity index is 141. The van der Waals surface area contributed by atoms with E-state index in [-0.39, 0.29) is 14.0 Å². The second kappa shape index (κ2) is 10.4. The smallest absolute Gasteiger partial charge is 0.0678 e. The quantitative estimate of drug-likeness (QED) is 0.526. The average Bonchev–Trinajstić information content (AvgIpc) is 2.08. The van der Waals surface area contributed by atoms with Crippen LogP contribution in [-0.2, 0) is 0 Å². The van der Waals surface area contributed by atoms with Gasteiger partial charge in [0, 0.05) is 7.05 Å². The van der Waals surface area contributed by atoms with Gasteiger partial charge in [0.1, 0.15) is 0 Å². The molecule has 0 aromatic heterocycles. The van der Waals surface area contributed by atoms with Gasteiger partial charge < -0.3 is 10.3 Å². The van der Waals surface area contributed by atoms with Crippen LogP contribution < -0.4 is 5.48 Å². The van der Waals surface area contributed by atoms with Crippen molar-refractivity contribution in [2.75, 3.05) is 13.7 Å². The molecule has 0 radical (unpaired) electrons. The van der Waals surface area contributed by atoms with Crippen molar-refractivity contribution in [1.29, 1.82) is 0 Å². The van der Waals surface area contributed by atoms with Gasteiger partial charge in [-0.1, -0.05) is 25.7 Å². The van der Waals surface area contributed by atoms with E-state index in [1.54, 1.807) is 5.48 Å². The lowest BCUT2D eigenvalue weighted by Crippen LogP contribution is -1.91. The van der Waals surface area contributed by atoms with E-state index in [9.17, 15) is 0 Å². The average molecular weight is 173 g/mol. The largest absolute Gasteiger partial charge is 0.392 e. The maximum atomic E-state index is 8.57. The maximum absolute atomic E-state index is 8.57. The van der Waals surface area contributed by atoms with Crippen molar-refractivity contribution in [3.63, 3.8) is 0 Å². The molecule has 1 aliphatic rings. The van der Waals surface area contributed by atoms with Crippen LogP contribution in [0.25, 0.3) is 0 Å². The second-order valence-corrected chi connectivity index (χ2v) is 2.14. The van der Waals surface area contributed by atoms with Gasteiger partial charge in [-0.15, -0.1) is 0 Å². The van der Waals surface area contributed by atoms with Crippen molar-refractivity contribution in [1.82, 2.24) is 5.48 Å². The van der Waals surface area contributed by atoms with Crippen LogP contribution in [-0.4, -0.2) is 24.0 Å². The highest BCUT2D eigenvalue weighted by atomic mass is 16.5. The number of nitrogens with one attached hydrogen (secondary N) is 1. The molecule has 0 aromatic carbocycles. The summed E-state index contributed by atoms with van der Waals surface area (Å²) in [5.74, 6) is 0. The SMILES string of the molecule is C.CNO.OCC1=CCCC=C1. The molecule has 0 aromatic rings. The van der Waals surface area contributed by atoms with E-state index < -0.39 is 0 Å². The summed E-state index contributed by atoms with van der Waals surface area (Å²) in [7, 11) is 1.43. The van der Waals surface area contributed by atoms with Gasteiger partial charge in [0.2, 0.25) is 0 Å². The standard InChI is InChI=1S/C7H10O.CH5NO.CH4/c8-6-7-4-2-1-3-5-7;1-2-3;/h2,4-5,8H,1,3,6H2;2-3H,1H3;1H4. The second-order valence-electron chi connectivity index (χ2n) is 2.14. The number of allylic oxidation sites excluding steroid dienone is 2. The van der Waals surface area contributed by atoms with E-state index in [0.29, 0.717) is 0 Å². The predicted octanol–water partition coefficient (Wildman–Crippen LogP) is 1.49. The molecular formula is C9H19NO2. The minimum absolute atomic E-state index is 0. The third kappa shape index (κ3) is 7.47. The number of aliphatic hydroxyl groups is 1. The zero-order valence-corrected chi connectivity index (χ0v) is 6.75. The number of rotatable bonds is 1. The van der Waals surface area contributed by atoms with E-state index in [1.807, 2.05) is 6.08 Å². The predicted molar refractivity (Wildman–Crippen MR) is 51.1 cm³/mol. The number of aliphatic hydroxyl groups excluding tert-OH is 1. The highest BCUT2D eigenvalue weighted by Crippen LogP contribution is 2.07. The molecule has 1 rings (SSSR count). The number of hydroxylamine groups is 1. The van der Waals surface area contributed by atoms with Gasteiger partial charge in [0.25, 0.3) is 0 Å². The molecule has 72 valence electrons. The Hall–Kier alpha value is -0.640. The van der Waals surface area contributed by atoms with Gasteiger partial charge in [-0.3, -0.25) is 0 Å². The molecule has 0 atom stereocenters. The zero-order chi connectivity index (χ0) is 8.53. The highest BCUT2D eigenvalue weighted by Gasteiger charge is 1.91. The molecule has 0 fully saturated rings. The Morgan fingerprint density at radius 3 is 2.33 bits per heavy atom. The lowest BCUT2D eigenvalue weighted by molar-refractivity contribution is 0.194. The first-order chi connectivity index (χ1) is 5.35. The fraction of sp³-hybridized carbons (Fsp3) is 0.556. The Kier molecular flexibility index (Phi) is 12.0. The molecule has 3 nitrogen and oxygen atoms in total. The molecule has 0 unspecified atom stereocenters. The molecule has 3 heteroatoms. The third-order valence-corrected chi connectivity index (χ3v) is 1.25. The molecule has 0 bridgehead atoms. The molecule has 0 aliphatic heterocycles. The van der Waals surface area contributed by atoms with Gasteiger partial charge in [-0.2, -0.15) is 0 Å². The van der Waals surface area contributed by atoms with Crippen molar-refractivity contribution < 1.29 is 10.3 Å². The van der Waals surface area contributed by atoms with Crippen LogP contribution in [0.2, 0.25) is 0 Å². The molecule has 1 aliphatic carbocycles. The summed E-state index contributed by atoms with van der Waals surface area (Å²) in [6, 6.07) is 0. The summed E-state index contributed by atoms with van der Waals surface area (Å²) < 4.78 is 0. The molecule has 3 N–H and O–H groups in total. The summed E-state index contributed by atoms with van der Waals surface area (Å²) in [6.07, 6.45) is 8.35. The van der Waals surface area contributed by atoms with Crippen molar-refractivity contribution in [3.05, 3.63) is 23.8 Å². The van der Waals surface area contributed by atoms with Crippen LogP contribution in [0.3, 0.4) is 0 Å². The number of hydrogen-bond acceptors (Lipinski definition) is 3. The van der Waals surface area contributed by atoms with Gasteiger partial charge in [-0.25, -0.2) is 5.48 Å². The molecule has 12 heavy (non-hydrogen) atoms. The van der Waals surface area contributed by atoms with Crippen molar-refractivity contribution in [3.8, 4) is 0 Å². The first-order valence-corrected chi connectivity index (χ1v) is 3.62. The molecule has 0 saturated heterocycles. The molecular weight excluding hydrogens is 154 g/mol. The molecule has 0 spiro atoms. The fourth-order valence-corrected chi connectivity index (χ4v) is 0.785. The summed E-state index contributed by atoms with van der Waals surface area (Å²) in [6.45, 7) is 0.191. The van der Waals surface area contributed by atoms with Crippen LogP contribution in [0, 0.1) is 0 Å². The lowest BCUT2D eigenvalue weighted by atomic mass is 10.1. The van der Waals surface area contributed by atoms with Gasteiger partial charge in [0.05, 0.1) is 6.61 Å². The Labute approximate surface area is 74.4 Å². The third-order valence-electron chi connectivity index (χ3n) is 1.25. The van der Waals surface area contributed by atoms with E-state index in [1.165, 1.54) is 7.05 Å². The first-order valence-electron chi connectivity index (χ1n) is 3.62. The Balaban J connectivity index is 0. The first kappa shape index (κ1) is 13.9. The van der Waals surface area contributed by atoms with Crippen molar-refractivity contribution in [2.45, 2.75) is 20.3 Å². The highest BCUT2D eigenvalue weighted by molar-refractivity contribution is 5.21. The van der Waals surface area contributed by atoms with Crippen LogP contribution >= 0.6 is 0 Å². The van der Waals surface area contributed by atoms with Crippen molar-refractivity contribution in [2.24, 2.45) is 0 Å². The Morgan fingerprint density at radius 2 is 2.08 bits per heavy atom. The van der Waals surface area contributed by atoms with Crippen LogP contribution in [0.1, 0.15) is 20.3 Å². The topological polar surface area (TPSA) is 52.5 Å². The summed E-state index contributed by atoms with van der Waals surface area (Å²) in [5, 5.41) is 15.9. The molecule has 0 amide bonds. The monoisotopic (exact) mass is 173 g/mol. The van der Waals surface area contributed by atoms with E-state index >= 15 is 0 Å². The molecule has 0 saturated carbocycles. The zero-order valence-electron chi connectivity index (χ0n) is 6.75. The van der Waals surface area contributed by atoms with Crippen LogP contribution in [0.5, 0.6) is 0 Å². The maximum Gasteiger partial charge on any atom is 0.0678 e. The van der Waals surface area contributed by atoms with Gasteiger partial charge in [-0.05, 0) is 18.4 Å². The summed E-state index contributed by atoms with van der Waals surface area (Å²) in [4.78, 5) is 0. The van der Waals surface area contributed by atoms with E-state index in [0.717, 1.165) is 18.4 Å². The normalized spacial score (nSPS) is 13.8. The molecule has 0 heterocycles. The Morgan fingerprint density at radius 1 is 1.50 bits per heavy atom. The number of hydrogen-bond donors (Lipinski definition) is 3. The van der Waals surface area contributed by atoms with Crippen LogP contribution in [0.15, 0.2) is 23.8 Å². The van der Waals surface area contributed by atoms with Crippen LogP contribution in [0.4, 0.5) is 0 Å². The summed E-state index contributed by atoms with van der Waals surface area (Å²) >= 11 is 0.